The summed E-state index contributed by atoms with van der Waals surface area (Å²) in [5.41, 5.74) is -1.58. The molecule has 7 nitrogen and oxygen atoms in total. The van der Waals surface area contributed by atoms with Crippen LogP contribution in [0.5, 0.6) is 5.75 Å². The second-order valence-electron chi connectivity index (χ2n) is 7.84. The molecule has 2 aliphatic heterocycles. The summed E-state index contributed by atoms with van der Waals surface area (Å²) in [5, 5.41) is 14.7. The fraction of sp³-hybridized carbons (Fsp3) is 0.227. The second-order valence-corrected chi connectivity index (χ2v) is 8.84. The van der Waals surface area contributed by atoms with Crippen molar-refractivity contribution in [2.75, 3.05) is 11.4 Å². The Morgan fingerprint density at radius 2 is 1.94 bits per heavy atom. The van der Waals surface area contributed by atoms with Gasteiger partial charge in [-0.3, -0.25) is 14.4 Å². The van der Waals surface area contributed by atoms with Gasteiger partial charge in [0.05, 0.1) is 11.7 Å². The van der Waals surface area contributed by atoms with Gasteiger partial charge in [-0.15, -0.1) is 11.3 Å². The van der Waals surface area contributed by atoms with Crippen molar-refractivity contribution in [3.05, 3.63) is 79.1 Å². The maximum atomic E-state index is 13.9. The number of hydrogen-bond acceptors (Lipinski definition) is 5. The maximum absolute atomic E-state index is 13.9. The van der Waals surface area contributed by atoms with E-state index in [0.717, 1.165) is 10.6 Å². The third-order valence-corrected chi connectivity index (χ3v) is 6.91. The van der Waals surface area contributed by atoms with E-state index in [1.54, 1.807) is 0 Å². The standard InChI is InChI=1S/C22H16F3N3O4S/c23-10-5-14(24)12(15(25)6-10)7-26-21(31)13-9-27-11-1-2-17-16(3-4-33-17)28(8-11)22(32)18(27)20(30)19(13)29/h3-6,9,11,30H,1-2,7-8H2,(H,26,31). The molecule has 0 saturated heterocycles. The first-order chi connectivity index (χ1) is 15.8. The topological polar surface area (TPSA) is 91.6 Å². The third-order valence-electron chi connectivity index (χ3n) is 5.94. The van der Waals surface area contributed by atoms with Crippen molar-refractivity contribution in [2.24, 2.45) is 0 Å². The number of halogens is 3. The van der Waals surface area contributed by atoms with Gasteiger partial charge in [-0.1, -0.05) is 0 Å². The normalized spacial score (nSPS) is 16.8. The van der Waals surface area contributed by atoms with Gasteiger partial charge < -0.3 is 19.9 Å². The Balaban J connectivity index is 1.49. The second kappa shape index (κ2) is 7.77. The van der Waals surface area contributed by atoms with Crippen LogP contribution in [0.2, 0.25) is 0 Å². The van der Waals surface area contributed by atoms with Gasteiger partial charge in [0.2, 0.25) is 5.43 Å². The third kappa shape index (κ3) is 3.39. The minimum Gasteiger partial charge on any atom is -0.503 e. The number of thiophene rings is 1. The molecule has 1 aromatic carbocycles. The summed E-state index contributed by atoms with van der Waals surface area (Å²) >= 11 is 1.52. The Morgan fingerprint density at radius 3 is 2.67 bits per heavy atom. The molecule has 5 rings (SSSR count). The van der Waals surface area contributed by atoms with Crippen molar-refractivity contribution in [3.8, 4) is 5.75 Å². The fourth-order valence-electron chi connectivity index (χ4n) is 4.29. The van der Waals surface area contributed by atoms with Gasteiger partial charge in [-0.25, -0.2) is 13.2 Å². The first-order valence-corrected chi connectivity index (χ1v) is 10.9. The van der Waals surface area contributed by atoms with Gasteiger partial charge in [0.1, 0.15) is 23.0 Å². The molecule has 0 spiro atoms. The average molecular weight is 475 g/mol. The molecule has 2 amide bonds. The van der Waals surface area contributed by atoms with Crippen LogP contribution < -0.4 is 15.6 Å². The van der Waals surface area contributed by atoms with Crippen LogP contribution in [-0.2, 0) is 13.0 Å². The zero-order valence-corrected chi connectivity index (χ0v) is 17.7. The largest absolute Gasteiger partial charge is 0.503 e. The molecule has 1 unspecified atom stereocenters. The monoisotopic (exact) mass is 475 g/mol. The fourth-order valence-corrected chi connectivity index (χ4v) is 5.19. The summed E-state index contributed by atoms with van der Waals surface area (Å²) in [5.74, 6) is -5.88. The lowest BCUT2D eigenvalue weighted by molar-refractivity contribution is 0.0929. The number of nitrogens with one attached hydrogen (secondary N) is 1. The van der Waals surface area contributed by atoms with Crippen LogP contribution in [0.15, 0.2) is 34.6 Å². The lowest BCUT2D eigenvalue weighted by Gasteiger charge is -2.34. The van der Waals surface area contributed by atoms with E-state index < -0.39 is 58.1 Å². The van der Waals surface area contributed by atoms with E-state index in [1.165, 1.54) is 27.0 Å². The predicted molar refractivity (Wildman–Crippen MR) is 113 cm³/mol. The first kappa shape index (κ1) is 21.3. The number of benzene rings is 1. The van der Waals surface area contributed by atoms with Crippen LogP contribution in [-0.4, -0.2) is 28.0 Å². The molecule has 1 atom stereocenters. The van der Waals surface area contributed by atoms with Crippen LogP contribution in [0.3, 0.4) is 0 Å². The van der Waals surface area contributed by atoms with E-state index in [0.29, 0.717) is 31.5 Å². The number of carbonyl (C=O) groups excluding carboxylic acids is 2. The van der Waals surface area contributed by atoms with Gasteiger partial charge >= 0.3 is 0 Å². The molecule has 0 radical (unpaired) electrons. The van der Waals surface area contributed by atoms with Crippen molar-refractivity contribution in [2.45, 2.75) is 25.4 Å². The van der Waals surface area contributed by atoms with E-state index in [2.05, 4.69) is 5.32 Å². The van der Waals surface area contributed by atoms with E-state index in [1.807, 2.05) is 11.4 Å². The zero-order valence-electron chi connectivity index (χ0n) is 16.9. The molecule has 0 saturated carbocycles. The molecule has 2 N–H and O–H groups in total. The molecule has 2 aliphatic rings. The Kier molecular flexibility index (Phi) is 5.00. The summed E-state index contributed by atoms with van der Waals surface area (Å²) in [6.07, 6.45) is 2.49. The molecule has 2 aromatic heterocycles. The molecule has 170 valence electrons. The van der Waals surface area contributed by atoms with Gasteiger partial charge in [0, 0.05) is 41.9 Å². The smallest absolute Gasteiger partial charge is 0.279 e. The van der Waals surface area contributed by atoms with Crippen LogP contribution in [0.4, 0.5) is 18.9 Å². The molecular weight excluding hydrogens is 459 g/mol. The molecule has 11 heteroatoms. The number of carbonyl (C=O) groups is 2. The van der Waals surface area contributed by atoms with Gasteiger partial charge in [0.25, 0.3) is 11.8 Å². The number of hydrogen-bond donors (Lipinski definition) is 2. The van der Waals surface area contributed by atoms with E-state index in [4.69, 9.17) is 0 Å². The highest BCUT2D eigenvalue weighted by Gasteiger charge is 2.38. The van der Waals surface area contributed by atoms with Crippen molar-refractivity contribution >= 4 is 28.8 Å². The van der Waals surface area contributed by atoms with Crippen molar-refractivity contribution in [1.29, 1.82) is 0 Å². The summed E-state index contributed by atoms with van der Waals surface area (Å²) < 4.78 is 42.2. The molecular formula is C22H16F3N3O4S. The molecule has 0 aliphatic carbocycles. The molecule has 33 heavy (non-hydrogen) atoms. The number of pyridine rings is 1. The predicted octanol–water partition coefficient (Wildman–Crippen LogP) is 3.11. The van der Waals surface area contributed by atoms with Crippen molar-refractivity contribution < 1.29 is 27.9 Å². The summed E-state index contributed by atoms with van der Waals surface area (Å²) in [7, 11) is 0. The van der Waals surface area contributed by atoms with Crippen LogP contribution in [0, 0.1) is 17.5 Å². The zero-order chi connectivity index (χ0) is 23.4. The Morgan fingerprint density at radius 1 is 1.21 bits per heavy atom. The van der Waals surface area contributed by atoms with Crippen LogP contribution >= 0.6 is 11.3 Å². The van der Waals surface area contributed by atoms with E-state index >= 15 is 0 Å². The minimum absolute atomic E-state index is 0.206. The lowest BCUT2D eigenvalue weighted by Crippen LogP contribution is -2.44. The number of nitrogens with zero attached hydrogens (tertiary/aromatic N) is 2. The summed E-state index contributed by atoms with van der Waals surface area (Å²) in [6, 6.07) is 2.49. The number of amides is 2. The highest BCUT2D eigenvalue weighted by molar-refractivity contribution is 7.10. The first-order valence-electron chi connectivity index (χ1n) is 10.0. The molecule has 2 bridgehead atoms. The molecule has 3 aromatic rings. The number of anilines is 1. The quantitative estimate of drug-likeness (QED) is 0.609. The average Bonchev–Trinajstić information content (AvgIpc) is 3.16. The van der Waals surface area contributed by atoms with Gasteiger partial charge in [0.15, 0.2) is 11.4 Å². The Bertz CT molecular complexity index is 1360. The van der Waals surface area contributed by atoms with Crippen LogP contribution in [0.1, 0.15) is 43.7 Å². The molecule has 4 heterocycles. The molecule has 0 fully saturated rings. The van der Waals surface area contributed by atoms with E-state index in [-0.39, 0.29) is 11.7 Å². The van der Waals surface area contributed by atoms with Crippen molar-refractivity contribution in [3.63, 3.8) is 0 Å². The number of aromatic nitrogens is 1. The highest BCUT2D eigenvalue weighted by Crippen LogP contribution is 2.39. The number of rotatable bonds is 3. The Hall–Kier alpha value is -3.60. The number of aryl methyl sites for hydroxylation is 1. The number of aromatic hydroxyl groups is 1. The number of fused-ring (bicyclic) bond motifs is 6. The highest BCUT2D eigenvalue weighted by atomic mass is 32.1. The van der Waals surface area contributed by atoms with Gasteiger partial charge in [-0.2, -0.15) is 0 Å². The summed E-state index contributed by atoms with van der Waals surface area (Å²) in [6.45, 7) is -0.333. The Labute approximate surface area is 188 Å². The lowest BCUT2D eigenvalue weighted by atomic mass is 10.1. The van der Waals surface area contributed by atoms with Crippen molar-refractivity contribution in [1.82, 2.24) is 9.88 Å². The van der Waals surface area contributed by atoms with E-state index in [9.17, 15) is 32.7 Å². The minimum atomic E-state index is -1.19. The maximum Gasteiger partial charge on any atom is 0.279 e. The van der Waals surface area contributed by atoms with Crippen LogP contribution in [0.25, 0.3) is 0 Å². The van der Waals surface area contributed by atoms with Gasteiger partial charge in [-0.05, 0) is 24.3 Å². The summed E-state index contributed by atoms with van der Waals surface area (Å²) in [4.78, 5) is 41.1. The SMILES string of the molecule is O=C(NCc1c(F)cc(F)cc1F)c1cn2c(c(O)c1=O)C(=O)N1CC2CCc2sccc21.